The summed E-state index contributed by atoms with van der Waals surface area (Å²) in [4.78, 5) is 0.306. The molecular weight excluding hydrogens is 296 g/mol. The van der Waals surface area contributed by atoms with Gasteiger partial charge in [0, 0.05) is 36.6 Å². The molecular formula is C14H15ClN2O2S. The van der Waals surface area contributed by atoms with Crippen molar-refractivity contribution in [2.24, 2.45) is 0 Å². The van der Waals surface area contributed by atoms with Gasteiger partial charge < -0.3 is 5.32 Å². The van der Waals surface area contributed by atoms with Crippen molar-refractivity contribution in [1.29, 1.82) is 0 Å². The van der Waals surface area contributed by atoms with Crippen LogP contribution in [0.3, 0.4) is 0 Å². The van der Waals surface area contributed by atoms with Crippen LogP contribution in [0.4, 0.5) is 0 Å². The smallest absolute Gasteiger partial charge is 0.243 e. The lowest BCUT2D eigenvalue weighted by molar-refractivity contribution is 0.360. The maximum absolute atomic E-state index is 12.6. The topological polar surface area (TPSA) is 49.4 Å². The highest BCUT2D eigenvalue weighted by Gasteiger charge is 2.25. The van der Waals surface area contributed by atoms with E-state index in [1.54, 1.807) is 24.3 Å². The third-order valence-electron chi connectivity index (χ3n) is 3.51. The molecule has 2 aromatic rings. The highest BCUT2D eigenvalue weighted by atomic mass is 35.5. The zero-order chi connectivity index (χ0) is 14.2. The van der Waals surface area contributed by atoms with E-state index < -0.39 is 10.0 Å². The van der Waals surface area contributed by atoms with Crippen molar-refractivity contribution < 1.29 is 8.42 Å². The fourth-order valence-corrected chi connectivity index (χ4v) is 4.11. The number of hydrogen-bond donors (Lipinski definition) is 1. The molecule has 1 heterocycles. The first kappa shape index (κ1) is 13.8. The number of hydrogen-bond acceptors (Lipinski definition) is 3. The van der Waals surface area contributed by atoms with Crippen molar-refractivity contribution in [2.75, 3.05) is 26.2 Å². The van der Waals surface area contributed by atoms with Crippen molar-refractivity contribution >= 4 is 32.4 Å². The Morgan fingerprint density at radius 2 is 1.85 bits per heavy atom. The molecule has 20 heavy (non-hydrogen) atoms. The maximum atomic E-state index is 12.6. The number of halogens is 1. The molecule has 4 nitrogen and oxygen atoms in total. The number of benzene rings is 2. The van der Waals surface area contributed by atoms with Gasteiger partial charge in [0.25, 0.3) is 0 Å². The molecule has 0 saturated carbocycles. The first-order valence-electron chi connectivity index (χ1n) is 6.48. The summed E-state index contributed by atoms with van der Waals surface area (Å²) in [6.07, 6.45) is 0. The summed E-state index contributed by atoms with van der Waals surface area (Å²) < 4.78 is 26.7. The lowest BCUT2D eigenvalue weighted by atomic mass is 10.1. The van der Waals surface area contributed by atoms with Crippen molar-refractivity contribution in [1.82, 2.24) is 9.62 Å². The van der Waals surface area contributed by atoms with E-state index in [0.717, 1.165) is 10.8 Å². The largest absolute Gasteiger partial charge is 0.314 e. The Morgan fingerprint density at radius 1 is 1.10 bits per heavy atom. The molecule has 0 radical (unpaired) electrons. The SMILES string of the molecule is O=S(=O)(c1ccc2cccc(Cl)c2c1)N1CCNCC1. The second-order valence-corrected chi connectivity index (χ2v) is 7.12. The highest BCUT2D eigenvalue weighted by molar-refractivity contribution is 7.89. The normalized spacial score (nSPS) is 17.4. The molecule has 2 aromatic carbocycles. The van der Waals surface area contributed by atoms with Crippen LogP contribution in [-0.2, 0) is 10.0 Å². The van der Waals surface area contributed by atoms with Gasteiger partial charge in [0.2, 0.25) is 10.0 Å². The fraction of sp³-hybridized carbons (Fsp3) is 0.286. The molecule has 0 spiro atoms. The van der Waals surface area contributed by atoms with Gasteiger partial charge in [0.1, 0.15) is 0 Å². The van der Waals surface area contributed by atoms with Crippen molar-refractivity contribution in [3.8, 4) is 0 Å². The lowest BCUT2D eigenvalue weighted by Gasteiger charge is -2.26. The van der Waals surface area contributed by atoms with Gasteiger partial charge in [-0.15, -0.1) is 0 Å². The predicted octanol–water partition coefficient (Wildman–Crippen LogP) is 2.09. The molecule has 1 aliphatic heterocycles. The third kappa shape index (κ3) is 2.42. The summed E-state index contributed by atoms with van der Waals surface area (Å²) in [5.41, 5.74) is 0. The summed E-state index contributed by atoms with van der Waals surface area (Å²) in [6.45, 7) is 2.38. The summed E-state index contributed by atoms with van der Waals surface area (Å²) in [5.74, 6) is 0. The van der Waals surface area contributed by atoms with Gasteiger partial charge in [-0.2, -0.15) is 4.31 Å². The molecule has 6 heteroatoms. The lowest BCUT2D eigenvalue weighted by Crippen LogP contribution is -2.46. The van der Waals surface area contributed by atoms with Crippen molar-refractivity contribution in [3.05, 3.63) is 41.4 Å². The number of piperazine rings is 1. The van der Waals surface area contributed by atoms with Crippen LogP contribution in [0.15, 0.2) is 41.3 Å². The molecule has 3 rings (SSSR count). The van der Waals surface area contributed by atoms with Gasteiger partial charge >= 0.3 is 0 Å². The monoisotopic (exact) mass is 310 g/mol. The van der Waals surface area contributed by atoms with Crippen LogP contribution in [0, 0.1) is 0 Å². The Balaban J connectivity index is 2.07. The fourth-order valence-electron chi connectivity index (χ4n) is 2.41. The van der Waals surface area contributed by atoms with Gasteiger partial charge in [-0.1, -0.05) is 29.8 Å². The molecule has 0 atom stereocenters. The Kier molecular flexibility index (Phi) is 3.69. The van der Waals surface area contributed by atoms with E-state index in [2.05, 4.69) is 5.32 Å². The minimum Gasteiger partial charge on any atom is -0.314 e. The summed E-state index contributed by atoms with van der Waals surface area (Å²) in [6, 6.07) is 10.7. The second-order valence-electron chi connectivity index (χ2n) is 4.78. The quantitative estimate of drug-likeness (QED) is 0.924. The highest BCUT2D eigenvalue weighted by Crippen LogP contribution is 2.27. The minimum absolute atomic E-state index is 0.306. The van der Waals surface area contributed by atoms with Crippen molar-refractivity contribution in [2.45, 2.75) is 4.90 Å². The van der Waals surface area contributed by atoms with Gasteiger partial charge in [-0.05, 0) is 23.6 Å². The summed E-state index contributed by atoms with van der Waals surface area (Å²) in [7, 11) is -3.44. The van der Waals surface area contributed by atoms with E-state index in [-0.39, 0.29) is 0 Å². The van der Waals surface area contributed by atoms with Crippen LogP contribution in [-0.4, -0.2) is 38.9 Å². The number of nitrogens with zero attached hydrogens (tertiary/aromatic N) is 1. The molecule has 1 N–H and O–H groups in total. The minimum atomic E-state index is -3.44. The van der Waals surface area contributed by atoms with E-state index in [9.17, 15) is 8.42 Å². The number of fused-ring (bicyclic) bond motifs is 1. The average Bonchev–Trinajstić information content (AvgIpc) is 2.48. The van der Waals surface area contributed by atoms with Crippen molar-refractivity contribution in [3.63, 3.8) is 0 Å². The summed E-state index contributed by atoms with van der Waals surface area (Å²) >= 11 is 6.15. The Labute approximate surface area is 123 Å². The molecule has 1 saturated heterocycles. The first-order chi connectivity index (χ1) is 9.59. The Hall–Kier alpha value is -1.14. The molecule has 0 aliphatic carbocycles. The van der Waals surface area contributed by atoms with Crippen LogP contribution in [0.2, 0.25) is 5.02 Å². The molecule has 1 aliphatic rings. The van der Waals surface area contributed by atoms with Crippen LogP contribution in [0.5, 0.6) is 0 Å². The van der Waals surface area contributed by atoms with Gasteiger partial charge in [-0.25, -0.2) is 8.42 Å². The average molecular weight is 311 g/mol. The number of nitrogens with one attached hydrogen (secondary N) is 1. The van der Waals surface area contributed by atoms with Gasteiger partial charge in [-0.3, -0.25) is 0 Å². The van der Waals surface area contributed by atoms with Gasteiger partial charge in [0.15, 0.2) is 0 Å². The molecule has 0 amide bonds. The van der Waals surface area contributed by atoms with E-state index in [4.69, 9.17) is 11.6 Å². The molecule has 106 valence electrons. The number of sulfonamides is 1. The van der Waals surface area contributed by atoms with E-state index in [1.807, 2.05) is 12.1 Å². The standard InChI is InChI=1S/C14H15ClN2O2S/c15-14-3-1-2-11-4-5-12(10-13(11)14)20(18,19)17-8-6-16-7-9-17/h1-5,10,16H,6-9H2. The predicted molar refractivity (Wildman–Crippen MR) is 80.6 cm³/mol. The van der Waals surface area contributed by atoms with Crippen LogP contribution in [0.25, 0.3) is 10.8 Å². The molecule has 0 unspecified atom stereocenters. The van der Waals surface area contributed by atoms with E-state index in [0.29, 0.717) is 36.1 Å². The zero-order valence-electron chi connectivity index (χ0n) is 10.8. The van der Waals surface area contributed by atoms with E-state index in [1.165, 1.54) is 4.31 Å². The third-order valence-corrected chi connectivity index (χ3v) is 5.74. The maximum Gasteiger partial charge on any atom is 0.243 e. The molecule has 0 aromatic heterocycles. The van der Waals surface area contributed by atoms with Crippen LogP contribution < -0.4 is 5.32 Å². The zero-order valence-corrected chi connectivity index (χ0v) is 12.4. The second kappa shape index (κ2) is 5.33. The van der Waals surface area contributed by atoms with Crippen LogP contribution >= 0.6 is 11.6 Å². The van der Waals surface area contributed by atoms with E-state index >= 15 is 0 Å². The first-order valence-corrected chi connectivity index (χ1v) is 8.30. The van der Waals surface area contributed by atoms with Crippen LogP contribution in [0.1, 0.15) is 0 Å². The molecule has 1 fully saturated rings. The van der Waals surface area contributed by atoms with Gasteiger partial charge in [0.05, 0.1) is 4.90 Å². The molecule has 0 bridgehead atoms. The Morgan fingerprint density at radius 3 is 2.60 bits per heavy atom. The number of rotatable bonds is 2. The summed E-state index contributed by atoms with van der Waals surface area (Å²) in [5, 5.41) is 5.43. The Bertz CT molecular complexity index is 740.